The van der Waals surface area contributed by atoms with Crippen LogP contribution in [-0.2, 0) is 0 Å². The summed E-state index contributed by atoms with van der Waals surface area (Å²) in [4.78, 5) is 0. The normalized spacial score (nSPS) is 12.4. The van der Waals surface area contributed by atoms with Gasteiger partial charge in [0.25, 0.3) is 0 Å². The van der Waals surface area contributed by atoms with Crippen LogP contribution in [0.15, 0.2) is 36.4 Å². The molecule has 2 heteroatoms. The highest BCUT2D eigenvalue weighted by atomic mass is 19.1. The minimum absolute atomic E-state index is 0.138. The quantitative estimate of drug-likeness (QED) is 0.799. The Bertz CT molecular complexity index is 596. The van der Waals surface area contributed by atoms with Crippen molar-refractivity contribution in [3.63, 3.8) is 0 Å². The van der Waals surface area contributed by atoms with E-state index < -0.39 is 0 Å². The maximum absolute atomic E-state index is 14.3. The lowest BCUT2D eigenvalue weighted by atomic mass is 9.94. The lowest BCUT2D eigenvalue weighted by molar-refractivity contribution is 0.537. The van der Waals surface area contributed by atoms with E-state index in [-0.39, 0.29) is 5.82 Å². The van der Waals surface area contributed by atoms with Crippen molar-refractivity contribution in [1.29, 1.82) is 0 Å². The summed E-state index contributed by atoms with van der Waals surface area (Å²) < 4.78 is 14.3. The van der Waals surface area contributed by atoms with Crippen LogP contribution in [-0.4, -0.2) is 6.54 Å². The molecule has 2 aromatic carbocycles. The molecule has 0 fully saturated rings. The molecule has 2 rings (SSSR count). The van der Waals surface area contributed by atoms with Crippen LogP contribution in [0.5, 0.6) is 0 Å². The highest BCUT2D eigenvalue weighted by Crippen LogP contribution is 2.30. The molecular formula is C19H24FN. The van der Waals surface area contributed by atoms with Gasteiger partial charge in [-0.1, -0.05) is 38.1 Å². The molecule has 0 bridgehead atoms. The number of rotatable bonds is 5. The minimum atomic E-state index is -0.138. The van der Waals surface area contributed by atoms with Gasteiger partial charge in [-0.25, -0.2) is 4.39 Å². The number of aryl methyl sites for hydroxylation is 2. The summed E-state index contributed by atoms with van der Waals surface area (Å²) in [5, 5.41) is 3.47. The molecular weight excluding hydrogens is 261 g/mol. The molecule has 0 aliphatic rings. The zero-order chi connectivity index (χ0) is 15.4. The van der Waals surface area contributed by atoms with Crippen molar-refractivity contribution in [2.75, 3.05) is 6.54 Å². The Morgan fingerprint density at radius 2 is 1.86 bits per heavy atom. The van der Waals surface area contributed by atoms with Gasteiger partial charge in [0.2, 0.25) is 0 Å². The van der Waals surface area contributed by atoms with Gasteiger partial charge in [0.1, 0.15) is 5.82 Å². The van der Waals surface area contributed by atoms with E-state index in [4.69, 9.17) is 0 Å². The molecule has 0 spiro atoms. The Kier molecular flexibility index (Phi) is 5.13. The van der Waals surface area contributed by atoms with E-state index in [1.165, 1.54) is 5.56 Å². The SMILES string of the molecule is CCNC(CC)c1cccc(-c2c(C)cc(C)cc2F)c1. The first-order valence-corrected chi connectivity index (χ1v) is 7.67. The summed E-state index contributed by atoms with van der Waals surface area (Å²) in [5.41, 5.74) is 4.84. The van der Waals surface area contributed by atoms with Gasteiger partial charge in [-0.15, -0.1) is 0 Å². The highest BCUT2D eigenvalue weighted by Gasteiger charge is 2.12. The van der Waals surface area contributed by atoms with Gasteiger partial charge in [-0.2, -0.15) is 0 Å². The maximum atomic E-state index is 14.3. The third-order valence-electron chi connectivity index (χ3n) is 3.87. The third kappa shape index (κ3) is 3.51. The fourth-order valence-electron chi connectivity index (χ4n) is 2.94. The second-order valence-corrected chi connectivity index (χ2v) is 5.58. The number of benzene rings is 2. The molecule has 2 aromatic rings. The fraction of sp³-hybridized carbons (Fsp3) is 0.368. The van der Waals surface area contributed by atoms with E-state index in [1.807, 2.05) is 32.0 Å². The molecule has 112 valence electrons. The lowest BCUT2D eigenvalue weighted by Gasteiger charge is -2.18. The van der Waals surface area contributed by atoms with Crippen molar-refractivity contribution in [2.24, 2.45) is 0 Å². The van der Waals surface area contributed by atoms with Gasteiger partial charge in [0, 0.05) is 11.6 Å². The topological polar surface area (TPSA) is 12.0 Å². The Morgan fingerprint density at radius 3 is 2.48 bits per heavy atom. The molecule has 0 heterocycles. The van der Waals surface area contributed by atoms with Crippen LogP contribution in [0.25, 0.3) is 11.1 Å². The van der Waals surface area contributed by atoms with Crippen molar-refractivity contribution in [1.82, 2.24) is 5.32 Å². The van der Waals surface area contributed by atoms with E-state index in [0.717, 1.165) is 29.7 Å². The van der Waals surface area contributed by atoms with Crippen molar-refractivity contribution in [3.8, 4) is 11.1 Å². The van der Waals surface area contributed by atoms with Crippen molar-refractivity contribution in [3.05, 3.63) is 58.9 Å². The number of halogens is 1. The van der Waals surface area contributed by atoms with Crippen LogP contribution in [0, 0.1) is 19.7 Å². The molecule has 0 radical (unpaired) electrons. The molecule has 0 amide bonds. The summed E-state index contributed by atoms with van der Waals surface area (Å²) in [7, 11) is 0. The van der Waals surface area contributed by atoms with Crippen molar-refractivity contribution in [2.45, 2.75) is 40.2 Å². The van der Waals surface area contributed by atoms with E-state index in [9.17, 15) is 4.39 Å². The summed E-state index contributed by atoms with van der Waals surface area (Å²) >= 11 is 0. The zero-order valence-electron chi connectivity index (χ0n) is 13.3. The number of hydrogen-bond acceptors (Lipinski definition) is 1. The van der Waals surface area contributed by atoms with Crippen LogP contribution in [0.4, 0.5) is 4.39 Å². The van der Waals surface area contributed by atoms with Gasteiger partial charge in [0.15, 0.2) is 0 Å². The standard InChI is InChI=1S/C19H24FN/c1-5-18(21-6-2)15-8-7-9-16(12-15)19-14(4)10-13(3)11-17(19)20/h7-12,18,21H,5-6H2,1-4H3. The molecule has 1 unspecified atom stereocenters. The Labute approximate surface area is 127 Å². The summed E-state index contributed by atoms with van der Waals surface area (Å²) in [6.45, 7) is 9.10. The first-order valence-electron chi connectivity index (χ1n) is 7.67. The number of nitrogens with one attached hydrogen (secondary N) is 1. The van der Waals surface area contributed by atoms with Gasteiger partial charge < -0.3 is 5.32 Å². The van der Waals surface area contributed by atoms with E-state index in [1.54, 1.807) is 6.07 Å². The van der Waals surface area contributed by atoms with E-state index >= 15 is 0 Å². The lowest BCUT2D eigenvalue weighted by Crippen LogP contribution is -2.20. The molecule has 0 aliphatic carbocycles. The maximum Gasteiger partial charge on any atom is 0.131 e. The predicted molar refractivity (Wildman–Crippen MR) is 88.0 cm³/mol. The molecule has 0 saturated heterocycles. The van der Waals surface area contributed by atoms with E-state index in [2.05, 4.69) is 31.3 Å². The minimum Gasteiger partial charge on any atom is -0.310 e. The Morgan fingerprint density at radius 1 is 1.10 bits per heavy atom. The van der Waals surface area contributed by atoms with Crippen LogP contribution in [0.2, 0.25) is 0 Å². The van der Waals surface area contributed by atoms with Crippen LogP contribution >= 0.6 is 0 Å². The molecule has 1 nitrogen and oxygen atoms in total. The molecule has 1 atom stereocenters. The fourth-order valence-corrected chi connectivity index (χ4v) is 2.94. The predicted octanol–water partition coefficient (Wildman–Crippen LogP) is 5.17. The largest absolute Gasteiger partial charge is 0.310 e. The summed E-state index contributed by atoms with van der Waals surface area (Å²) in [6, 6.07) is 12.2. The first-order chi connectivity index (χ1) is 10.1. The third-order valence-corrected chi connectivity index (χ3v) is 3.87. The Balaban J connectivity index is 2.47. The average Bonchev–Trinajstić information content (AvgIpc) is 2.44. The van der Waals surface area contributed by atoms with Crippen molar-refractivity contribution < 1.29 is 4.39 Å². The molecule has 0 aromatic heterocycles. The van der Waals surface area contributed by atoms with Crippen LogP contribution < -0.4 is 5.32 Å². The van der Waals surface area contributed by atoms with Crippen LogP contribution in [0.3, 0.4) is 0 Å². The molecule has 1 N–H and O–H groups in total. The molecule has 0 saturated carbocycles. The van der Waals surface area contributed by atoms with Gasteiger partial charge in [-0.05, 0) is 61.2 Å². The zero-order valence-corrected chi connectivity index (χ0v) is 13.3. The van der Waals surface area contributed by atoms with Crippen LogP contribution in [0.1, 0.15) is 43.0 Å². The van der Waals surface area contributed by atoms with Gasteiger partial charge in [0.05, 0.1) is 0 Å². The summed E-state index contributed by atoms with van der Waals surface area (Å²) in [6.07, 6.45) is 1.02. The smallest absolute Gasteiger partial charge is 0.131 e. The number of hydrogen-bond donors (Lipinski definition) is 1. The average molecular weight is 285 g/mol. The van der Waals surface area contributed by atoms with Crippen molar-refractivity contribution >= 4 is 0 Å². The van der Waals surface area contributed by atoms with Gasteiger partial charge >= 0.3 is 0 Å². The summed E-state index contributed by atoms with van der Waals surface area (Å²) in [5.74, 6) is -0.138. The first kappa shape index (κ1) is 15.7. The molecule has 21 heavy (non-hydrogen) atoms. The van der Waals surface area contributed by atoms with E-state index in [0.29, 0.717) is 11.6 Å². The monoisotopic (exact) mass is 285 g/mol. The Hall–Kier alpha value is -1.67. The molecule has 0 aliphatic heterocycles. The van der Waals surface area contributed by atoms with Gasteiger partial charge in [-0.3, -0.25) is 0 Å². The highest BCUT2D eigenvalue weighted by molar-refractivity contribution is 5.69. The second-order valence-electron chi connectivity index (χ2n) is 5.58. The second kappa shape index (κ2) is 6.86.